The van der Waals surface area contributed by atoms with E-state index in [2.05, 4.69) is 15.9 Å². The number of aliphatic carboxylic acids is 1. The Kier molecular flexibility index (Phi) is 4.24. The van der Waals surface area contributed by atoms with Crippen molar-refractivity contribution in [1.29, 1.82) is 5.26 Å². The van der Waals surface area contributed by atoms with E-state index >= 15 is 0 Å². The van der Waals surface area contributed by atoms with Crippen molar-refractivity contribution in [3.05, 3.63) is 34.1 Å². The van der Waals surface area contributed by atoms with Gasteiger partial charge >= 0.3 is 5.97 Å². The molecule has 0 saturated carbocycles. The fourth-order valence-electron chi connectivity index (χ4n) is 1.59. The molecule has 1 unspecified atom stereocenters. The minimum Gasteiger partial charge on any atom is -0.481 e. The van der Waals surface area contributed by atoms with Gasteiger partial charge in [-0.1, -0.05) is 12.1 Å². The smallest absolute Gasteiger partial charge is 0.313 e. The number of benzene rings is 1. The highest BCUT2D eigenvalue weighted by Crippen LogP contribution is 2.33. The second kappa shape index (κ2) is 5.28. The number of nitrogens with zero attached hydrogens (tertiary/aromatic N) is 1. The molecule has 5 heteroatoms. The highest BCUT2D eigenvalue weighted by Gasteiger charge is 2.37. The topological polar surface area (TPSA) is 61.1 Å². The molecule has 0 fully saturated rings. The summed E-state index contributed by atoms with van der Waals surface area (Å²) in [5, 5.41) is 17.8. The van der Waals surface area contributed by atoms with Crippen molar-refractivity contribution in [2.24, 2.45) is 0 Å². The highest BCUT2D eigenvalue weighted by atomic mass is 79.9. The number of carboxylic acids is 1. The summed E-state index contributed by atoms with van der Waals surface area (Å²) in [6.07, 6.45) is 0.140. The van der Waals surface area contributed by atoms with Gasteiger partial charge in [-0.15, -0.1) is 0 Å². The van der Waals surface area contributed by atoms with E-state index in [4.69, 9.17) is 5.26 Å². The SMILES string of the molecule is CC(CCC#N)(C(=O)O)c1cccc(Br)c1F. The molecule has 3 nitrogen and oxygen atoms in total. The second-order valence-electron chi connectivity index (χ2n) is 3.90. The largest absolute Gasteiger partial charge is 0.481 e. The monoisotopic (exact) mass is 299 g/mol. The van der Waals surface area contributed by atoms with Gasteiger partial charge in [0.2, 0.25) is 0 Å². The predicted octanol–water partition coefficient (Wildman–Crippen LogP) is 3.23. The van der Waals surface area contributed by atoms with Gasteiger partial charge in [-0.2, -0.15) is 5.26 Å². The number of nitriles is 1. The van der Waals surface area contributed by atoms with Gasteiger partial charge in [0.1, 0.15) is 5.82 Å². The van der Waals surface area contributed by atoms with Gasteiger partial charge in [-0.3, -0.25) is 4.79 Å². The molecule has 1 N–H and O–H groups in total. The van der Waals surface area contributed by atoms with E-state index in [0.29, 0.717) is 0 Å². The third kappa shape index (κ3) is 2.64. The van der Waals surface area contributed by atoms with Crippen molar-refractivity contribution >= 4 is 21.9 Å². The molecule has 17 heavy (non-hydrogen) atoms. The fraction of sp³-hybridized carbons (Fsp3) is 0.333. The van der Waals surface area contributed by atoms with Crippen molar-refractivity contribution in [3.8, 4) is 6.07 Å². The molecule has 0 aliphatic heterocycles. The Hall–Kier alpha value is -1.41. The van der Waals surface area contributed by atoms with Crippen LogP contribution in [0.1, 0.15) is 25.3 Å². The van der Waals surface area contributed by atoms with Gasteiger partial charge < -0.3 is 5.11 Å². The van der Waals surface area contributed by atoms with E-state index in [9.17, 15) is 14.3 Å². The van der Waals surface area contributed by atoms with Crippen molar-refractivity contribution in [3.63, 3.8) is 0 Å². The molecule has 1 atom stereocenters. The van der Waals surface area contributed by atoms with Crippen molar-refractivity contribution in [1.82, 2.24) is 0 Å². The second-order valence-corrected chi connectivity index (χ2v) is 4.75. The lowest BCUT2D eigenvalue weighted by molar-refractivity contribution is -0.143. The van der Waals surface area contributed by atoms with E-state index in [1.54, 1.807) is 6.07 Å². The number of carbonyl (C=O) groups is 1. The molecule has 0 aromatic heterocycles. The maximum absolute atomic E-state index is 13.9. The molecule has 0 aliphatic rings. The third-order valence-electron chi connectivity index (χ3n) is 2.75. The molecule has 0 heterocycles. The van der Waals surface area contributed by atoms with E-state index in [0.717, 1.165) is 0 Å². The Morgan fingerprint density at radius 3 is 2.82 bits per heavy atom. The number of hydrogen-bond acceptors (Lipinski definition) is 2. The fourth-order valence-corrected chi connectivity index (χ4v) is 1.96. The van der Waals surface area contributed by atoms with Crippen LogP contribution in [-0.2, 0) is 10.2 Å². The summed E-state index contributed by atoms with van der Waals surface area (Å²) in [5.41, 5.74) is -1.29. The van der Waals surface area contributed by atoms with E-state index in [-0.39, 0.29) is 22.9 Å². The molecule has 0 amide bonds. The van der Waals surface area contributed by atoms with Crippen LogP contribution in [0.15, 0.2) is 22.7 Å². The van der Waals surface area contributed by atoms with Crippen LogP contribution in [0.3, 0.4) is 0 Å². The first kappa shape index (κ1) is 13.7. The summed E-state index contributed by atoms with van der Waals surface area (Å²) >= 11 is 3.02. The summed E-state index contributed by atoms with van der Waals surface area (Å²) in [4.78, 5) is 11.3. The molecule has 0 radical (unpaired) electrons. The molecule has 0 spiro atoms. The van der Waals surface area contributed by atoms with Crippen LogP contribution in [0, 0.1) is 17.1 Å². The summed E-state index contributed by atoms with van der Waals surface area (Å²) in [5.74, 6) is -1.72. The predicted molar refractivity (Wildman–Crippen MR) is 63.9 cm³/mol. The average molecular weight is 300 g/mol. The van der Waals surface area contributed by atoms with Crippen LogP contribution in [0.4, 0.5) is 4.39 Å². The van der Waals surface area contributed by atoms with Crippen LogP contribution in [0.25, 0.3) is 0 Å². The summed E-state index contributed by atoms with van der Waals surface area (Å²) in [6, 6.07) is 6.41. The molecule has 0 aliphatic carbocycles. The van der Waals surface area contributed by atoms with Crippen LogP contribution in [0.5, 0.6) is 0 Å². The average Bonchev–Trinajstić information content (AvgIpc) is 2.29. The van der Waals surface area contributed by atoms with Crippen molar-refractivity contribution in [2.75, 3.05) is 0 Å². The lowest BCUT2D eigenvalue weighted by Gasteiger charge is -2.25. The van der Waals surface area contributed by atoms with Gasteiger partial charge in [0.25, 0.3) is 0 Å². The zero-order valence-electron chi connectivity index (χ0n) is 9.20. The minimum atomic E-state index is -1.39. The molecule has 0 bridgehead atoms. The molecule has 1 aromatic carbocycles. The molecule has 90 valence electrons. The van der Waals surface area contributed by atoms with E-state index < -0.39 is 17.2 Å². The lowest BCUT2D eigenvalue weighted by atomic mass is 9.78. The zero-order valence-corrected chi connectivity index (χ0v) is 10.8. The number of halogens is 2. The van der Waals surface area contributed by atoms with E-state index in [1.807, 2.05) is 6.07 Å². The van der Waals surface area contributed by atoms with Crippen LogP contribution < -0.4 is 0 Å². The summed E-state index contributed by atoms with van der Waals surface area (Å²) < 4.78 is 14.1. The Bertz CT molecular complexity index is 484. The first-order valence-electron chi connectivity index (χ1n) is 4.98. The molecule has 0 saturated heterocycles. The van der Waals surface area contributed by atoms with Crippen molar-refractivity contribution < 1.29 is 14.3 Å². The minimum absolute atomic E-state index is 0.0642. The summed E-state index contributed by atoms with van der Waals surface area (Å²) in [7, 11) is 0. The third-order valence-corrected chi connectivity index (χ3v) is 3.37. The highest BCUT2D eigenvalue weighted by molar-refractivity contribution is 9.10. The van der Waals surface area contributed by atoms with Gasteiger partial charge in [0.15, 0.2) is 0 Å². The van der Waals surface area contributed by atoms with Gasteiger partial charge in [0.05, 0.1) is 16.0 Å². The number of rotatable bonds is 4. The Morgan fingerprint density at radius 1 is 1.65 bits per heavy atom. The number of hydrogen-bond donors (Lipinski definition) is 1. The Labute approximate surface area is 107 Å². The molecule has 1 aromatic rings. The van der Waals surface area contributed by atoms with Crippen LogP contribution >= 0.6 is 15.9 Å². The van der Waals surface area contributed by atoms with Gasteiger partial charge in [-0.25, -0.2) is 4.39 Å². The molecule has 1 rings (SSSR count). The maximum Gasteiger partial charge on any atom is 0.313 e. The molecular formula is C12H11BrFNO2. The van der Waals surface area contributed by atoms with Crippen LogP contribution in [0.2, 0.25) is 0 Å². The zero-order chi connectivity index (χ0) is 13.1. The quantitative estimate of drug-likeness (QED) is 0.928. The Balaban J connectivity index is 3.28. The van der Waals surface area contributed by atoms with E-state index in [1.165, 1.54) is 19.1 Å². The van der Waals surface area contributed by atoms with Gasteiger partial charge in [-0.05, 0) is 35.3 Å². The molecular weight excluding hydrogens is 289 g/mol. The van der Waals surface area contributed by atoms with Crippen LogP contribution in [-0.4, -0.2) is 11.1 Å². The maximum atomic E-state index is 13.9. The first-order chi connectivity index (χ1) is 7.93. The normalized spacial score (nSPS) is 13.8. The first-order valence-corrected chi connectivity index (χ1v) is 5.77. The summed E-state index contributed by atoms with van der Waals surface area (Å²) in [6.45, 7) is 1.43. The lowest BCUT2D eigenvalue weighted by Crippen LogP contribution is -2.33. The standard InChI is InChI=1S/C12H11BrFNO2/c1-12(11(16)17,6-3-7-15)8-4-2-5-9(13)10(8)14/h2,4-5H,3,6H2,1H3,(H,16,17). The Morgan fingerprint density at radius 2 is 2.29 bits per heavy atom. The van der Waals surface area contributed by atoms with Crippen molar-refractivity contribution in [2.45, 2.75) is 25.2 Å². The number of carboxylic acid groups (broad SMARTS) is 1. The van der Waals surface area contributed by atoms with Gasteiger partial charge in [0, 0.05) is 12.0 Å².